The molecule has 1 saturated heterocycles. The second kappa shape index (κ2) is 9.11. The molecule has 2 N–H and O–H groups in total. The quantitative estimate of drug-likeness (QED) is 0.515. The van der Waals surface area contributed by atoms with E-state index in [-0.39, 0.29) is 17.6 Å². The van der Waals surface area contributed by atoms with Crippen LogP contribution in [0.3, 0.4) is 0 Å². The first kappa shape index (κ1) is 21.8. The van der Waals surface area contributed by atoms with Crippen LogP contribution < -0.4 is 4.74 Å². The summed E-state index contributed by atoms with van der Waals surface area (Å²) in [6.07, 6.45) is 2.11. The Morgan fingerprint density at radius 2 is 1.76 bits per heavy atom. The molecule has 0 bridgehead atoms. The molecule has 0 radical (unpaired) electrons. The fraction of sp³-hybridized carbons (Fsp3) is 0.379. The summed E-state index contributed by atoms with van der Waals surface area (Å²) in [5.74, 6) is 2.64. The van der Waals surface area contributed by atoms with Crippen LogP contribution in [-0.4, -0.2) is 40.9 Å². The number of hydrogen-bond donors (Lipinski definition) is 2. The number of aromatic hydroxyl groups is 2. The maximum atomic E-state index is 10.1. The van der Waals surface area contributed by atoms with Crippen molar-refractivity contribution in [2.45, 2.75) is 44.6 Å². The fourth-order valence-corrected chi connectivity index (χ4v) is 5.58. The predicted octanol–water partition coefficient (Wildman–Crippen LogP) is 5.68. The van der Waals surface area contributed by atoms with Gasteiger partial charge in [0.1, 0.15) is 23.9 Å². The highest BCUT2D eigenvalue weighted by Gasteiger charge is 2.35. The molecule has 0 saturated carbocycles. The number of hydrogen-bond acceptors (Lipinski definition) is 4. The number of benzene rings is 3. The van der Waals surface area contributed by atoms with Crippen molar-refractivity contribution in [2.75, 3.05) is 19.7 Å². The van der Waals surface area contributed by atoms with Gasteiger partial charge >= 0.3 is 0 Å². The number of rotatable bonds is 6. The third-order valence-electron chi connectivity index (χ3n) is 7.41. The van der Waals surface area contributed by atoms with Crippen molar-refractivity contribution in [1.29, 1.82) is 0 Å². The smallest absolute Gasteiger partial charge is 0.119 e. The third kappa shape index (κ3) is 4.58. The minimum atomic E-state index is 0.168. The number of fused-ring (bicyclic) bond motifs is 1. The van der Waals surface area contributed by atoms with E-state index < -0.39 is 0 Å². The van der Waals surface area contributed by atoms with Crippen molar-refractivity contribution in [2.24, 2.45) is 5.92 Å². The topological polar surface area (TPSA) is 52.9 Å². The SMILES string of the molecule is C[C@@H]1CCN([C@@H](C)COc2ccc(C3c4ccc(O)cc4CC3c3cccc(O)c3)cc2)C1. The van der Waals surface area contributed by atoms with Gasteiger partial charge < -0.3 is 14.9 Å². The lowest BCUT2D eigenvalue weighted by molar-refractivity contribution is 0.169. The normalized spacial score (nSPS) is 23.4. The molecule has 1 fully saturated rings. The zero-order chi connectivity index (χ0) is 22.9. The van der Waals surface area contributed by atoms with Crippen molar-refractivity contribution < 1.29 is 14.9 Å². The molecule has 2 unspecified atom stereocenters. The predicted molar refractivity (Wildman–Crippen MR) is 131 cm³/mol. The summed E-state index contributed by atoms with van der Waals surface area (Å²) in [4.78, 5) is 2.52. The molecule has 4 nitrogen and oxygen atoms in total. The van der Waals surface area contributed by atoms with Gasteiger partial charge in [-0.25, -0.2) is 0 Å². The Labute approximate surface area is 196 Å². The molecule has 3 aromatic rings. The highest BCUT2D eigenvalue weighted by atomic mass is 16.5. The van der Waals surface area contributed by atoms with Gasteiger partial charge in [0.25, 0.3) is 0 Å². The van der Waals surface area contributed by atoms with Crippen molar-refractivity contribution >= 4 is 0 Å². The first-order valence-corrected chi connectivity index (χ1v) is 12.1. The summed E-state index contributed by atoms with van der Waals surface area (Å²) in [6.45, 7) is 7.59. The molecule has 3 aromatic carbocycles. The molecule has 4 heteroatoms. The summed E-state index contributed by atoms with van der Waals surface area (Å²) >= 11 is 0. The van der Waals surface area contributed by atoms with E-state index >= 15 is 0 Å². The Bertz CT molecular complexity index is 1110. The van der Waals surface area contributed by atoms with Crippen LogP contribution in [0.25, 0.3) is 0 Å². The molecule has 0 amide bonds. The van der Waals surface area contributed by atoms with E-state index in [2.05, 4.69) is 49.1 Å². The van der Waals surface area contributed by atoms with Gasteiger partial charge in [0.05, 0.1) is 0 Å². The van der Waals surface area contributed by atoms with Crippen LogP contribution in [0.5, 0.6) is 17.2 Å². The van der Waals surface area contributed by atoms with Crippen LogP contribution in [-0.2, 0) is 6.42 Å². The molecule has 4 atom stereocenters. The zero-order valence-electron chi connectivity index (χ0n) is 19.4. The summed E-state index contributed by atoms with van der Waals surface area (Å²) < 4.78 is 6.14. The number of nitrogens with zero attached hydrogens (tertiary/aromatic N) is 1. The Kier molecular flexibility index (Phi) is 6.03. The number of phenolic OH excluding ortho intramolecular Hbond substituents is 2. The van der Waals surface area contributed by atoms with Gasteiger partial charge in [0.2, 0.25) is 0 Å². The van der Waals surface area contributed by atoms with Crippen molar-refractivity contribution in [1.82, 2.24) is 4.90 Å². The lowest BCUT2D eigenvalue weighted by atomic mass is 9.82. The van der Waals surface area contributed by atoms with E-state index in [9.17, 15) is 10.2 Å². The van der Waals surface area contributed by atoms with Crippen LogP contribution in [0.4, 0.5) is 0 Å². The van der Waals surface area contributed by atoms with Gasteiger partial charge in [0.15, 0.2) is 0 Å². The first-order chi connectivity index (χ1) is 16.0. The van der Waals surface area contributed by atoms with Gasteiger partial charge in [-0.05, 0) is 96.8 Å². The lowest BCUT2D eigenvalue weighted by Crippen LogP contribution is -2.35. The third-order valence-corrected chi connectivity index (χ3v) is 7.41. The minimum absolute atomic E-state index is 0.168. The molecule has 0 spiro atoms. The van der Waals surface area contributed by atoms with E-state index in [1.807, 2.05) is 24.3 Å². The zero-order valence-corrected chi connectivity index (χ0v) is 19.4. The molecule has 5 rings (SSSR count). The van der Waals surface area contributed by atoms with E-state index in [1.54, 1.807) is 12.1 Å². The molecule has 1 aliphatic heterocycles. The largest absolute Gasteiger partial charge is 0.508 e. The van der Waals surface area contributed by atoms with Crippen molar-refractivity contribution in [3.05, 3.63) is 89.0 Å². The summed E-state index contributed by atoms with van der Waals surface area (Å²) in [7, 11) is 0. The van der Waals surface area contributed by atoms with E-state index in [0.717, 1.165) is 36.7 Å². The second-order valence-corrected chi connectivity index (χ2v) is 9.88. The van der Waals surface area contributed by atoms with Gasteiger partial charge in [-0.3, -0.25) is 4.90 Å². The summed E-state index contributed by atoms with van der Waals surface area (Å²) in [5.41, 5.74) is 4.75. The highest BCUT2D eigenvalue weighted by Crippen LogP contribution is 2.49. The van der Waals surface area contributed by atoms with Gasteiger partial charge in [-0.15, -0.1) is 0 Å². The molecular formula is C29H33NO3. The lowest BCUT2D eigenvalue weighted by Gasteiger charge is -2.24. The number of likely N-dealkylation sites (tertiary alicyclic amines) is 1. The average Bonchev–Trinajstić information content (AvgIpc) is 3.41. The molecule has 172 valence electrons. The first-order valence-electron chi connectivity index (χ1n) is 12.1. The Hall–Kier alpha value is -2.98. The number of ether oxygens (including phenoxy) is 1. The van der Waals surface area contributed by atoms with Gasteiger partial charge in [-0.1, -0.05) is 37.3 Å². The molecule has 1 heterocycles. The van der Waals surface area contributed by atoms with E-state index in [0.29, 0.717) is 18.4 Å². The molecule has 1 aliphatic carbocycles. The van der Waals surface area contributed by atoms with Crippen LogP contribution in [0, 0.1) is 5.92 Å². The van der Waals surface area contributed by atoms with E-state index in [1.165, 1.54) is 23.1 Å². The van der Waals surface area contributed by atoms with Crippen LogP contribution in [0.2, 0.25) is 0 Å². The minimum Gasteiger partial charge on any atom is -0.508 e. The Balaban J connectivity index is 1.36. The fourth-order valence-electron chi connectivity index (χ4n) is 5.58. The number of phenols is 2. The molecule has 33 heavy (non-hydrogen) atoms. The van der Waals surface area contributed by atoms with Gasteiger partial charge in [0, 0.05) is 18.5 Å². The maximum Gasteiger partial charge on any atom is 0.119 e. The monoisotopic (exact) mass is 443 g/mol. The summed E-state index contributed by atoms with van der Waals surface area (Å²) in [6, 6.07) is 22.2. The molecule has 2 aliphatic rings. The average molecular weight is 444 g/mol. The van der Waals surface area contributed by atoms with Gasteiger partial charge in [-0.2, -0.15) is 0 Å². The Morgan fingerprint density at radius 1 is 0.970 bits per heavy atom. The highest BCUT2D eigenvalue weighted by molar-refractivity contribution is 5.51. The summed E-state index contributed by atoms with van der Waals surface area (Å²) in [5, 5.41) is 20.1. The van der Waals surface area contributed by atoms with Crippen molar-refractivity contribution in [3.63, 3.8) is 0 Å². The van der Waals surface area contributed by atoms with Crippen LogP contribution in [0.1, 0.15) is 54.4 Å². The standard InChI is InChI=1S/C29H33NO3/c1-19-12-13-30(17-19)20(2)18-33-26-9-6-21(7-10-26)29-27-11-8-25(32)15-23(27)16-28(29)22-4-3-5-24(31)14-22/h3-11,14-15,19-20,28-29,31-32H,12-13,16-18H2,1-2H3/t19-,20+,28?,29?/m1/s1. The van der Waals surface area contributed by atoms with E-state index in [4.69, 9.17) is 4.74 Å². The van der Waals surface area contributed by atoms with Crippen LogP contribution in [0.15, 0.2) is 66.7 Å². The van der Waals surface area contributed by atoms with Crippen LogP contribution >= 0.6 is 0 Å². The maximum absolute atomic E-state index is 10.1. The van der Waals surface area contributed by atoms with Crippen molar-refractivity contribution in [3.8, 4) is 17.2 Å². The Morgan fingerprint density at radius 3 is 2.48 bits per heavy atom. The molecular weight excluding hydrogens is 410 g/mol. The second-order valence-electron chi connectivity index (χ2n) is 9.88. The molecule has 0 aromatic heterocycles.